The van der Waals surface area contributed by atoms with E-state index >= 15 is 0 Å². The quantitative estimate of drug-likeness (QED) is 0.286. The van der Waals surface area contributed by atoms with E-state index in [1.54, 1.807) is 0 Å². The second-order valence-corrected chi connectivity index (χ2v) is 7.32. The fourth-order valence-corrected chi connectivity index (χ4v) is 3.26. The first-order valence-electron chi connectivity index (χ1n) is 10.6. The molecule has 1 aliphatic heterocycles. The number of allylic oxidation sites excluding steroid dienone is 2. The summed E-state index contributed by atoms with van der Waals surface area (Å²) in [4.78, 5) is 0. The first kappa shape index (κ1) is 23.6. The molecule has 5 heteroatoms. The Morgan fingerprint density at radius 1 is 0.962 bits per heavy atom. The summed E-state index contributed by atoms with van der Waals surface area (Å²) in [7, 11) is 0. The maximum absolute atomic E-state index is 9.80. The van der Waals surface area contributed by atoms with Crippen LogP contribution < -0.4 is 0 Å². The Hall–Kier alpha value is -0.460. The van der Waals surface area contributed by atoms with Gasteiger partial charge in [0.25, 0.3) is 0 Å². The molecular weight excluding hydrogens is 332 g/mol. The molecular formula is C21H40O5. The number of rotatable bonds is 16. The fourth-order valence-electron chi connectivity index (χ4n) is 3.26. The molecule has 1 rings (SSSR count). The summed E-state index contributed by atoms with van der Waals surface area (Å²) in [5.41, 5.74) is 0. The van der Waals surface area contributed by atoms with Crippen molar-refractivity contribution in [3.8, 4) is 0 Å². The molecule has 0 aromatic carbocycles. The van der Waals surface area contributed by atoms with Crippen molar-refractivity contribution in [1.82, 2.24) is 0 Å². The van der Waals surface area contributed by atoms with E-state index in [4.69, 9.17) is 9.47 Å². The van der Waals surface area contributed by atoms with Gasteiger partial charge in [-0.2, -0.15) is 0 Å². The van der Waals surface area contributed by atoms with Crippen LogP contribution >= 0.6 is 0 Å². The van der Waals surface area contributed by atoms with E-state index < -0.39 is 24.4 Å². The van der Waals surface area contributed by atoms with Gasteiger partial charge in [0.05, 0.1) is 13.2 Å². The number of ether oxygens (including phenoxy) is 2. The summed E-state index contributed by atoms with van der Waals surface area (Å²) in [5, 5.41) is 28.7. The van der Waals surface area contributed by atoms with Crippen molar-refractivity contribution in [2.75, 3.05) is 19.8 Å². The molecule has 5 nitrogen and oxygen atoms in total. The first-order valence-corrected chi connectivity index (χ1v) is 10.6. The van der Waals surface area contributed by atoms with Crippen LogP contribution in [-0.2, 0) is 9.47 Å². The second-order valence-electron chi connectivity index (χ2n) is 7.32. The SMILES string of the molecule is CCCCCC/C=C/CCCCCCCO[C@H](CO)[C@H]1OC[C@H](O)[C@H]1O. The normalized spacial score (nSPS) is 24.5. The third-order valence-corrected chi connectivity index (χ3v) is 4.97. The van der Waals surface area contributed by atoms with E-state index in [-0.39, 0.29) is 13.2 Å². The molecule has 26 heavy (non-hydrogen) atoms. The lowest BCUT2D eigenvalue weighted by molar-refractivity contribution is -0.101. The van der Waals surface area contributed by atoms with Gasteiger partial charge in [-0.25, -0.2) is 0 Å². The summed E-state index contributed by atoms with van der Waals surface area (Å²) in [5.74, 6) is 0. The zero-order chi connectivity index (χ0) is 19.0. The van der Waals surface area contributed by atoms with Gasteiger partial charge in [0.2, 0.25) is 0 Å². The van der Waals surface area contributed by atoms with Gasteiger partial charge in [0.1, 0.15) is 24.4 Å². The highest BCUT2D eigenvalue weighted by molar-refractivity contribution is 4.88. The van der Waals surface area contributed by atoms with E-state index in [0.717, 1.165) is 12.8 Å². The molecule has 0 unspecified atom stereocenters. The lowest BCUT2D eigenvalue weighted by atomic mass is 10.1. The van der Waals surface area contributed by atoms with Gasteiger partial charge in [-0.15, -0.1) is 0 Å². The Labute approximate surface area is 159 Å². The fraction of sp³-hybridized carbons (Fsp3) is 0.905. The molecule has 0 aliphatic carbocycles. The molecule has 0 saturated carbocycles. The van der Waals surface area contributed by atoms with Crippen molar-refractivity contribution in [2.45, 2.75) is 102 Å². The van der Waals surface area contributed by atoms with E-state index in [1.165, 1.54) is 57.8 Å². The highest BCUT2D eigenvalue weighted by Crippen LogP contribution is 2.20. The Morgan fingerprint density at radius 2 is 1.58 bits per heavy atom. The number of unbranched alkanes of at least 4 members (excludes halogenated alkanes) is 9. The highest BCUT2D eigenvalue weighted by atomic mass is 16.6. The van der Waals surface area contributed by atoms with Crippen LogP contribution in [0.4, 0.5) is 0 Å². The number of hydrogen-bond donors (Lipinski definition) is 3. The van der Waals surface area contributed by atoms with Crippen molar-refractivity contribution < 1.29 is 24.8 Å². The number of aliphatic hydroxyl groups is 3. The molecule has 1 aliphatic rings. The van der Waals surface area contributed by atoms with Gasteiger partial charge in [-0.05, 0) is 32.1 Å². The van der Waals surface area contributed by atoms with Crippen LogP contribution in [0.2, 0.25) is 0 Å². The molecule has 0 radical (unpaired) electrons. The standard InChI is InChI=1S/C21H40O5/c1-2-3-4-5-6-7-8-9-10-11-12-13-14-15-25-19(16-22)21-20(24)18(23)17-26-21/h7-8,18-24H,2-6,9-17H2,1H3/b8-7+/t18-,19+,20+,21+/m0/s1. The van der Waals surface area contributed by atoms with Gasteiger partial charge in [0, 0.05) is 6.61 Å². The van der Waals surface area contributed by atoms with Crippen LogP contribution in [0, 0.1) is 0 Å². The van der Waals surface area contributed by atoms with Gasteiger partial charge in [-0.3, -0.25) is 0 Å². The predicted molar refractivity (Wildman–Crippen MR) is 104 cm³/mol. The molecule has 0 aromatic heterocycles. The van der Waals surface area contributed by atoms with Gasteiger partial charge in [-0.1, -0.05) is 57.6 Å². The van der Waals surface area contributed by atoms with Crippen molar-refractivity contribution in [3.63, 3.8) is 0 Å². The summed E-state index contributed by atoms with van der Waals surface area (Å²) in [6, 6.07) is 0. The summed E-state index contributed by atoms with van der Waals surface area (Å²) >= 11 is 0. The van der Waals surface area contributed by atoms with Crippen molar-refractivity contribution >= 4 is 0 Å². The number of hydrogen-bond acceptors (Lipinski definition) is 5. The molecule has 1 fully saturated rings. The molecule has 1 saturated heterocycles. The maximum Gasteiger partial charge on any atom is 0.114 e. The van der Waals surface area contributed by atoms with Gasteiger partial charge >= 0.3 is 0 Å². The van der Waals surface area contributed by atoms with Crippen LogP contribution in [0.15, 0.2) is 12.2 Å². The molecule has 4 atom stereocenters. The molecule has 1 heterocycles. The third kappa shape index (κ3) is 10.0. The van der Waals surface area contributed by atoms with Crippen LogP contribution in [-0.4, -0.2) is 59.6 Å². The Balaban J connectivity index is 1.92. The van der Waals surface area contributed by atoms with Gasteiger partial charge in [0.15, 0.2) is 0 Å². The topological polar surface area (TPSA) is 79.2 Å². The number of aliphatic hydroxyl groups excluding tert-OH is 3. The van der Waals surface area contributed by atoms with Crippen molar-refractivity contribution in [2.24, 2.45) is 0 Å². The molecule has 0 bridgehead atoms. The Morgan fingerprint density at radius 3 is 2.15 bits per heavy atom. The van der Waals surface area contributed by atoms with Gasteiger partial charge < -0.3 is 24.8 Å². The molecule has 3 N–H and O–H groups in total. The monoisotopic (exact) mass is 372 g/mol. The smallest absolute Gasteiger partial charge is 0.114 e. The Bertz CT molecular complexity index is 347. The molecule has 154 valence electrons. The summed E-state index contributed by atoms with van der Waals surface area (Å²) in [6.45, 7) is 2.68. The first-order chi connectivity index (χ1) is 12.7. The predicted octanol–water partition coefficient (Wildman–Crippen LogP) is 3.35. The van der Waals surface area contributed by atoms with E-state index in [2.05, 4.69) is 19.1 Å². The van der Waals surface area contributed by atoms with E-state index in [9.17, 15) is 15.3 Å². The average Bonchev–Trinajstić information content (AvgIpc) is 2.98. The van der Waals surface area contributed by atoms with Crippen LogP contribution in [0.1, 0.15) is 77.6 Å². The highest BCUT2D eigenvalue weighted by Gasteiger charge is 2.40. The van der Waals surface area contributed by atoms with Crippen LogP contribution in [0.3, 0.4) is 0 Å². The minimum atomic E-state index is -0.980. The average molecular weight is 373 g/mol. The van der Waals surface area contributed by atoms with Crippen LogP contribution in [0.5, 0.6) is 0 Å². The van der Waals surface area contributed by atoms with Crippen molar-refractivity contribution in [1.29, 1.82) is 0 Å². The molecule has 0 aromatic rings. The molecule has 0 spiro atoms. The van der Waals surface area contributed by atoms with E-state index in [1.807, 2.05) is 0 Å². The largest absolute Gasteiger partial charge is 0.394 e. The lowest BCUT2D eigenvalue weighted by Crippen LogP contribution is -2.42. The lowest BCUT2D eigenvalue weighted by Gasteiger charge is -2.24. The minimum absolute atomic E-state index is 0.0961. The summed E-state index contributed by atoms with van der Waals surface area (Å²) in [6.07, 6.45) is 15.0. The van der Waals surface area contributed by atoms with Crippen LogP contribution in [0.25, 0.3) is 0 Å². The third-order valence-electron chi connectivity index (χ3n) is 4.97. The maximum atomic E-state index is 9.80. The van der Waals surface area contributed by atoms with Crippen molar-refractivity contribution in [3.05, 3.63) is 12.2 Å². The van der Waals surface area contributed by atoms with E-state index in [0.29, 0.717) is 6.61 Å². The summed E-state index contributed by atoms with van der Waals surface area (Å²) < 4.78 is 10.9. The second kappa shape index (κ2) is 15.6. The molecule has 0 amide bonds. The Kier molecular flexibility index (Phi) is 14.1. The zero-order valence-electron chi connectivity index (χ0n) is 16.5. The zero-order valence-corrected chi connectivity index (χ0v) is 16.5. The minimum Gasteiger partial charge on any atom is -0.394 e.